The van der Waals surface area contributed by atoms with Gasteiger partial charge in [0, 0.05) is 0 Å². The molecule has 3 aromatic carbocycles. The Morgan fingerprint density at radius 1 is 1.04 bits per heavy atom. The highest BCUT2D eigenvalue weighted by Crippen LogP contribution is 2.33. The van der Waals surface area contributed by atoms with Crippen LogP contribution in [-0.4, -0.2) is 32.5 Å². The summed E-state index contributed by atoms with van der Waals surface area (Å²) in [6, 6.07) is 19.6. The highest BCUT2D eigenvalue weighted by atomic mass is 79.9. The second kappa shape index (κ2) is 7.91. The van der Waals surface area contributed by atoms with Crippen LogP contribution in [0.3, 0.4) is 0 Å². The summed E-state index contributed by atoms with van der Waals surface area (Å²) in [5, 5.41) is 22.8. The quantitative estimate of drug-likeness (QED) is 0.464. The fraction of sp³-hybridized carbons (Fsp3) is 0.227. The number of ether oxygens (including phenoxy) is 1. The lowest BCUT2D eigenvalue weighted by molar-refractivity contribution is 0.0892. The van der Waals surface area contributed by atoms with Crippen LogP contribution in [0.5, 0.6) is 5.75 Å². The largest absolute Gasteiger partial charge is 0.490 e. The van der Waals surface area contributed by atoms with E-state index >= 15 is 0 Å². The molecule has 0 aliphatic heterocycles. The van der Waals surface area contributed by atoms with Crippen molar-refractivity contribution >= 4 is 37.7 Å². The van der Waals surface area contributed by atoms with E-state index in [1.807, 2.05) is 65.2 Å². The fourth-order valence-corrected chi connectivity index (χ4v) is 3.99. The predicted molar refractivity (Wildman–Crippen MR) is 114 cm³/mol. The predicted octanol–water partition coefficient (Wildman–Crippen LogP) is 4.45. The summed E-state index contributed by atoms with van der Waals surface area (Å²) < 4.78 is 8.60. The third kappa shape index (κ3) is 3.63. The second-order valence-corrected chi connectivity index (χ2v) is 7.60. The zero-order valence-electron chi connectivity index (χ0n) is 15.4. The number of aliphatic hydroxyl groups is 2. The van der Waals surface area contributed by atoms with E-state index in [9.17, 15) is 10.2 Å². The highest BCUT2D eigenvalue weighted by Gasteiger charge is 2.18. The van der Waals surface area contributed by atoms with Gasteiger partial charge in [-0.15, -0.1) is 0 Å². The van der Waals surface area contributed by atoms with Crippen molar-refractivity contribution in [1.29, 1.82) is 0 Å². The number of aliphatic hydroxyl groups excluding tert-OH is 2. The van der Waals surface area contributed by atoms with Gasteiger partial charge in [-0.05, 0) is 51.8 Å². The molecule has 28 heavy (non-hydrogen) atoms. The van der Waals surface area contributed by atoms with Crippen LogP contribution in [0.2, 0.25) is 0 Å². The second-order valence-electron chi connectivity index (χ2n) is 6.81. The molecule has 0 saturated carbocycles. The van der Waals surface area contributed by atoms with Gasteiger partial charge >= 0.3 is 0 Å². The zero-order valence-corrected chi connectivity index (χ0v) is 17.0. The molecule has 5 nitrogen and oxygen atoms in total. The van der Waals surface area contributed by atoms with Crippen LogP contribution < -0.4 is 4.74 Å². The number of halogens is 1. The number of fused-ring (bicyclic) bond motifs is 2. The summed E-state index contributed by atoms with van der Waals surface area (Å²) in [4.78, 5) is 4.49. The van der Waals surface area contributed by atoms with Gasteiger partial charge in [-0.3, -0.25) is 0 Å². The number of aromatic nitrogens is 2. The first-order valence-corrected chi connectivity index (χ1v) is 9.95. The number of hydrogen-bond acceptors (Lipinski definition) is 4. The molecule has 0 bridgehead atoms. The van der Waals surface area contributed by atoms with E-state index in [0.29, 0.717) is 11.6 Å². The minimum Gasteiger partial charge on any atom is -0.490 e. The molecule has 1 aromatic heterocycles. The van der Waals surface area contributed by atoms with Gasteiger partial charge < -0.3 is 19.5 Å². The summed E-state index contributed by atoms with van der Waals surface area (Å²) in [7, 11) is 0. The van der Waals surface area contributed by atoms with E-state index in [4.69, 9.17) is 4.74 Å². The van der Waals surface area contributed by atoms with Gasteiger partial charge in [0.1, 0.15) is 30.4 Å². The van der Waals surface area contributed by atoms with E-state index in [-0.39, 0.29) is 13.2 Å². The van der Waals surface area contributed by atoms with Crippen LogP contribution in [-0.2, 0) is 6.54 Å². The molecule has 0 fully saturated rings. The molecule has 0 spiro atoms. The first-order chi connectivity index (χ1) is 13.5. The van der Waals surface area contributed by atoms with Crippen LogP contribution in [0.25, 0.3) is 21.8 Å². The summed E-state index contributed by atoms with van der Waals surface area (Å²) >= 11 is 3.60. The van der Waals surface area contributed by atoms with Crippen molar-refractivity contribution in [2.24, 2.45) is 0 Å². The molecular formula is C22H21BrN2O3. The Morgan fingerprint density at radius 3 is 2.61 bits per heavy atom. The molecule has 4 aromatic rings. The third-order valence-corrected chi connectivity index (χ3v) is 5.53. The smallest absolute Gasteiger partial charge is 0.138 e. The molecule has 2 N–H and O–H groups in total. The van der Waals surface area contributed by atoms with Crippen LogP contribution in [0.1, 0.15) is 18.9 Å². The Balaban J connectivity index is 1.53. The van der Waals surface area contributed by atoms with Crippen LogP contribution in [0.4, 0.5) is 0 Å². The molecule has 0 amide bonds. The van der Waals surface area contributed by atoms with Crippen molar-refractivity contribution in [2.45, 2.75) is 25.7 Å². The maximum Gasteiger partial charge on any atom is 0.138 e. The maximum atomic E-state index is 10.6. The third-order valence-electron chi connectivity index (χ3n) is 4.71. The van der Waals surface area contributed by atoms with Gasteiger partial charge in [0.25, 0.3) is 0 Å². The van der Waals surface area contributed by atoms with Crippen molar-refractivity contribution in [2.75, 3.05) is 6.61 Å². The molecule has 2 atom stereocenters. The Labute approximate surface area is 171 Å². The van der Waals surface area contributed by atoms with Crippen molar-refractivity contribution in [3.05, 3.63) is 71.0 Å². The molecule has 0 aliphatic carbocycles. The van der Waals surface area contributed by atoms with Crippen molar-refractivity contribution < 1.29 is 14.9 Å². The van der Waals surface area contributed by atoms with Crippen LogP contribution >= 0.6 is 15.9 Å². The number of imidazole rings is 1. The molecular weight excluding hydrogens is 420 g/mol. The van der Waals surface area contributed by atoms with E-state index in [0.717, 1.165) is 26.3 Å². The van der Waals surface area contributed by atoms with Crippen LogP contribution in [0, 0.1) is 0 Å². The van der Waals surface area contributed by atoms with E-state index < -0.39 is 12.2 Å². The van der Waals surface area contributed by atoms with Crippen molar-refractivity contribution in [3.63, 3.8) is 0 Å². The lowest BCUT2D eigenvalue weighted by Crippen LogP contribution is -2.25. The SMILES string of the molecule is C[C@H](O)c1nc2ccccc2n1C[C@@H](O)COc1ccc2ccccc2c1Br. The highest BCUT2D eigenvalue weighted by molar-refractivity contribution is 9.10. The van der Waals surface area contributed by atoms with Crippen molar-refractivity contribution in [3.8, 4) is 5.75 Å². The molecule has 1 heterocycles. The average Bonchev–Trinajstić information content (AvgIpc) is 3.06. The minimum absolute atomic E-state index is 0.128. The fourth-order valence-electron chi connectivity index (χ4n) is 3.38. The maximum absolute atomic E-state index is 10.6. The normalized spacial score (nSPS) is 13.7. The van der Waals surface area contributed by atoms with Gasteiger partial charge in [-0.2, -0.15) is 0 Å². The van der Waals surface area contributed by atoms with E-state index in [1.165, 1.54) is 0 Å². The number of rotatable bonds is 6. The number of nitrogens with zero attached hydrogens (tertiary/aromatic N) is 2. The van der Waals surface area contributed by atoms with Gasteiger partial charge in [-0.1, -0.05) is 42.5 Å². The van der Waals surface area contributed by atoms with Crippen LogP contribution in [0.15, 0.2) is 65.1 Å². The Bertz CT molecular complexity index is 1120. The van der Waals surface area contributed by atoms with Gasteiger partial charge in [-0.25, -0.2) is 4.98 Å². The Hall–Kier alpha value is -2.41. The number of hydrogen-bond donors (Lipinski definition) is 2. The molecule has 0 radical (unpaired) electrons. The summed E-state index contributed by atoms with van der Waals surface area (Å²) in [6.07, 6.45) is -1.48. The molecule has 4 rings (SSSR count). The van der Waals surface area contributed by atoms with Gasteiger partial charge in [0.2, 0.25) is 0 Å². The minimum atomic E-state index is -0.756. The molecule has 144 valence electrons. The topological polar surface area (TPSA) is 67.5 Å². The number of benzene rings is 3. The number of para-hydroxylation sites is 2. The Morgan fingerprint density at radius 2 is 1.79 bits per heavy atom. The molecule has 0 saturated heterocycles. The van der Waals surface area contributed by atoms with Gasteiger partial charge in [0.15, 0.2) is 0 Å². The summed E-state index contributed by atoms with van der Waals surface area (Å²) in [5.41, 5.74) is 1.67. The van der Waals surface area contributed by atoms with Crippen molar-refractivity contribution in [1.82, 2.24) is 9.55 Å². The monoisotopic (exact) mass is 440 g/mol. The lowest BCUT2D eigenvalue weighted by atomic mass is 10.1. The molecule has 6 heteroatoms. The van der Waals surface area contributed by atoms with E-state index in [2.05, 4.69) is 20.9 Å². The standard InChI is InChI=1S/C22H21BrN2O3/c1-14(26)22-24-18-8-4-5-9-19(18)25(22)12-16(27)13-28-20-11-10-15-6-2-3-7-17(15)21(20)23/h2-11,14,16,26-27H,12-13H2,1H3/t14-,16+/m0/s1. The lowest BCUT2D eigenvalue weighted by Gasteiger charge is -2.17. The molecule has 0 aliphatic rings. The molecule has 0 unspecified atom stereocenters. The first kappa shape index (κ1) is 18.9. The van der Waals surface area contributed by atoms with E-state index in [1.54, 1.807) is 6.92 Å². The average molecular weight is 441 g/mol. The van der Waals surface area contributed by atoms with Gasteiger partial charge in [0.05, 0.1) is 22.1 Å². The summed E-state index contributed by atoms with van der Waals surface area (Å²) in [6.45, 7) is 2.08. The first-order valence-electron chi connectivity index (χ1n) is 9.16. The summed E-state index contributed by atoms with van der Waals surface area (Å²) in [5.74, 6) is 1.22. The Kier molecular flexibility index (Phi) is 5.35. The zero-order chi connectivity index (χ0) is 19.7.